The highest BCUT2D eigenvalue weighted by Gasteiger charge is 2.59. The minimum absolute atomic E-state index is 0.0914. The van der Waals surface area contributed by atoms with E-state index < -0.39 is 5.60 Å². The van der Waals surface area contributed by atoms with Crippen LogP contribution in [-0.2, 0) is 9.53 Å². The second-order valence-corrected chi connectivity index (χ2v) is 8.52. The number of likely N-dealkylation sites (tertiary alicyclic amines) is 2. The molecular formula is C16H27ClN2O3. The van der Waals surface area contributed by atoms with E-state index in [0.717, 1.165) is 0 Å². The lowest BCUT2D eigenvalue weighted by Crippen LogP contribution is -2.40. The zero-order valence-electron chi connectivity index (χ0n) is 14.2. The number of carbonyl (C=O) groups is 2. The van der Waals surface area contributed by atoms with Crippen molar-refractivity contribution in [3.8, 4) is 0 Å². The molecule has 2 aliphatic heterocycles. The Labute approximate surface area is 137 Å². The predicted octanol–water partition coefficient (Wildman–Crippen LogP) is 2.72. The normalized spacial score (nSPS) is 31.4. The van der Waals surface area contributed by atoms with E-state index in [4.69, 9.17) is 16.3 Å². The molecule has 0 aromatic heterocycles. The zero-order chi connectivity index (χ0) is 16.8. The molecule has 22 heavy (non-hydrogen) atoms. The van der Waals surface area contributed by atoms with Crippen LogP contribution in [0.4, 0.5) is 4.79 Å². The van der Waals surface area contributed by atoms with Gasteiger partial charge in [-0.05, 0) is 20.8 Å². The standard InChI is InChI=1S/C16H27ClN2O3/c1-14(2,3)22-13(21)19-10-15(4)8-18(12(20)6-7-17)9-16(15,5)11-19/h6-11H2,1-5H3/t15-,16-/m1/s1. The lowest BCUT2D eigenvalue weighted by atomic mass is 9.71. The molecule has 0 aliphatic carbocycles. The first-order chi connectivity index (χ1) is 10.00. The summed E-state index contributed by atoms with van der Waals surface area (Å²) in [6.45, 7) is 12.5. The zero-order valence-corrected chi connectivity index (χ0v) is 15.0. The first-order valence-electron chi connectivity index (χ1n) is 7.81. The number of amides is 2. The second-order valence-electron chi connectivity index (χ2n) is 8.15. The molecule has 6 heteroatoms. The van der Waals surface area contributed by atoms with E-state index in [-0.39, 0.29) is 22.8 Å². The Hall–Kier alpha value is -0.970. The monoisotopic (exact) mass is 330 g/mol. The molecule has 0 aromatic carbocycles. The van der Waals surface area contributed by atoms with Gasteiger partial charge >= 0.3 is 6.09 Å². The number of alkyl halides is 1. The van der Waals surface area contributed by atoms with E-state index in [1.54, 1.807) is 4.90 Å². The molecule has 0 N–H and O–H groups in total. The van der Waals surface area contributed by atoms with Crippen LogP contribution in [0.5, 0.6) is 0 Å². The van der Waals surface area contributed by atoms with E-state index in [2.05, 4.69) is 13.8 Å². The molecule has 0 bridgehead atoms. The fourth-order valence-electron chi connectivity index (χ4n) is 3.53. The molecule has 126 valence electrons. The van der Waals surface area contributed by atoms with Crippen molar-refractivity contribution >= 4 is 23.6 Å². The summed E-state index contributed by atoms with van der Waals surface area (Å²) < 4.78 is 5.48. The van der Waals surface area contributed by atoms with Gasteiger partial charge < -0.3 is 14.5 Å². The van der Waals surface area contributed by atoms with Crippen LogP contribution in [0.3, 0.4) is 0 Å². The third kappa shape index (κ3) is 3.19. The quantitative estimate of drug-likeness (QED) is 0.731. The summed E-state index contributed by atoms with van der Waals surface area (Å²) in [6.07, 6.45) is 0.117. The summed E-state index contributed by atoms with van der Waals surface area (Å²) in [5, 5.41) is 0. The molecule has 0 radical (unpaired) electrons. The summed E-state index contributed by atoms with van der Waals surface area (Å²) in [5.74, 6) is 0.461. The van der Waals surface area contributed by atoms with Gasteiger partial charge in [0.05, 0.1) is 0 Å². The average molecular weight is 331 g/mol. The molecule has 2 atom stereocenters. The Morgan fingerprint density at radius 2 is 1.50 bits per heavy atom. The summed E-state index contributed by atoms with van der Waals surface area (Å²) >= 11 is 5.67. The summed E-state index contributed by atoms with van der Waals surface area (Å²) in [6, 6.07) is 0. The highest BCUT2D eigenvalue weighted by atomic mass is 35.5. The van der Waals surface area contributed by atoms with E-state index in [9.17, 15) is 9.59 Å². The van der Waals surface area contributed by atoms with E-state index in [1.807, 2.05) is 25.7 Å². The van der Waals surface area contributed by atoms with Crippen LogP contribution >= 0.6 is 11.6 Å². The van der Waals surface area contributed by atoms with Crippen LogP contribution in [0.25, 0.3) is 0 Å². The number of hydrogen-bond acceptors (Lipinski definition) is 3. The predicted molar refractivity (Wildman–Crippen MR) is 85.9 cm³/mol. The third-order valence-electron chi connectivity index (χ3n) is 4.93. The van der Waals surface area contributed by atoms with Crippen LogP contribution in [0.1, 0.15) is 41.0 Å². The minimum Gasteiger partial charge on any atom is -0.444 e. The van der Waals surface area contributed by atoms with Crippen LogP contribution in [-0.4, -0.2) is 59.5 Å². The molecule has 2 aliphatic rings. The summed E-state index contributed by atoms with van der Waals surface area (Å²) in [7, 11) is 0. The van der Waals surface area contributed by atoms with Gasteiger partial charge in [-0.2, -0.15) is 0 Å². The Morgan fingerprint density at radius 1 is 1.05 bits per heavy atom. The van der Waals surface area contributed by atoms with Crippen LogP contribution in [0.15, 0.2) is 0 Å². The Balaban J connectivity index is 2.06. The third-order valence-corrected chi connectivity index (χ3v) is 5.12. The molecule has 0 aromatic rings. The summed E-state index contributed by atoms with van der Waals surface area (Å²) in [4.78, 5) is 28.1. The lowest BCUT2D eigenvalue weighted by molar-refractivity contribution is -0.130. The van der Waals surface area contributed by atoms with Gasteiger partial charge in [-0.15, -0.1) is 11.6 Å². The molecule has 0 unspecified atom stereocenters. The number of ether oxygens (including phenoxy) is 1. The van der Waals surface area contributed by atoms with Crippen molar-refractivity contribution in [3.05, 3.63) is 0 Å². The van der Waals surface area contributed by atoms with E-state index in [1.165, 1.54) is 0 Å². The van der Waals surface area contributed by atoms with Crippen molar-refractivity contribution in [1.82, 2.24) is 9.80 Å². The Morgan fingerprint density at radius 3 is 1.91 bits per heavy atom. The van der Waals surface area contributed by atoms with E-state index in [0.29, 0.717) is 38.5 Å². The van der Waals surface area contributed by atoms with Gasteiger partial charge in [-0.25, -0.2) is 4.79 Å². The molecule has 2 saturated heterocycles. The highest BCUT2D eigenvalue weighted by molar-refractivity contribution is 6.18. The molecule has 2 rings (SSSR count). The van der Waals surface area contributed by atoms with Gasteiger partial charge in [-0.1, -0.05) is 13.8 Å². The van der Waals surface area contributed by atoms with Crippen molar-refractivity contribution in [2.45, 2.75) is 46.6 Å². The molecule has 2 fully saturated rings. The topological polar surface area (TPSA) is 49.9 Å². The SMILES string of the molecule is CC(C)(C)OC(=O)N1C[C@@]2(C)CN(C(=O)CCCl)C[C@]2(C)C1. The average Bonchev–Trinajstić information content (AvgIpc) is 2.72. The molecule has 0 saturated carbocycles. The maximum absolute atomic E-state index is 12.3. The number of fused-ring (bicyclic) bond motifs is 1. The Bertz CT molecular complexity index is 457. The van der Waals surface area contributed by atoms with Gasteiger partial charge in [0.25, 0.3) is 0 Å². The van der Waals surface area contributed by atoms with Crippen molar-refractivity contribution in [1.29, 1.82) is 0 Å². The number of rotatable bonds is 2. The number of halogens is 1. The number of carbonyl (C=O) groups excluding carboxylic acids is 2. The molecule has 2 amide bonds. The second kappa shape index (κ2) is 5.59. The van der Waals surface area contributed by atoms with E-state index >= 15 is 0 Å². The van der Waals surface area contributed by atoms with Gasteiger partial charge in [0.1, 0.15) is 5.60 Å². The van der Waals surface area contributed by atoms with Gasteiger partial charge in [0, 0.05) is 49.3 Å². The first kappa shape index (κ1) is 17.4. The van der Waals surface area contributed by atoms with Crippen molar-refractivity contribution in [2.24, 2.45) is 10.8 Å². The molecular weight excluding hydrogens is 304 g/mol. The number of nitrogens with zero attached hydrogens (tertiary/aromatic N) is 2. The fraction of sp³-hybridized carbons (Fsp3) is 0.875. The van der Waals surface area contributed by atoms with Crippen LogP contribution in [0.2, 0.25) is 0 Å². The molecule has 5 nitrogen and oxygen atoms in total. The fourth-order valence-corrected chi connectivity index (χ4v) is 3.69. The number of hydrogen-bond donors (Lipinski definition) is 0. The summed E-state index contributed by atoms with van der Waals surface area (Å²) in [5.41, 5.74) is -0.670. The smallest absolute Gasteiger partial charge is 0.410 e. The van der Waals surface area contributed by atoms with Crippen molar-refractivity contribution < 1.29 is 14.3 Å². The minimum atomic E-state index is -0.487. The Kier molecular flexibility index (Phi) is 4.42. The van der Waals surface area contributed by atoms with Crippen LogP contribution < -0.4 is 0 Å². The van der Waals surface area contributed by atoms with Gasteiger partial charge in [-0.3, -0.25) is 4.79 Å². The highest BCUT2D eigenvalue weighted by Crippen LogP contribution is 2.51. The van der Waals surface area contributed by atoms with Crippen LogP contribution in [0, 0.1) is 10.8 Å². The first-order valence-corrected chi connectivity index (χ1v) is 8.35. The van der Waals surface area contributed by atoms with Gasteiger partial charge in [0.15, 0.2) is 0 Å². The van der Waals surface area contributed by atoms with Crippen molar-refractivity contribution in [2.75, 3.05) is 32.1 Å². The molecule has 2 heterocycles. The maximum Gasteiger partial charge on any atom is 0.410 e. The lowest BCUT2D eigenvalue weighted by Gasteiger charge is -2.29. The largest absolute Gasteiger partial charge is 0.444 e. The molecule has 0 spiro atoms. The van der Waals surface area contributed by atoms with Gasteiger partial charge in [0.2, 0.25) is 5.91 Å². The van der Waals surface area contributed by atoms with Crippen molar-refractivity contribution in [3.63, 3.8) is 0 Å². The maximum atomic E-state index is 12.3.